The molecule has 0 radical (unpaired) electrons. The van der Waals surface area contributed by atoms with Crippen LogP contribution in [0.1, 0.15) is 15.9 Å². The molecule has 4 heteroatoms. The number of hydrogen-bond acceptors (Lipinski definition) is 4. The van der Waals surface area contributed by atoms with Crippen LogP contribution in [0.4, 0.5) is 5.69 Å². The van der Waals surface area contributed by atoms with E-state index in [1.165, 1.54) is 11.8 Å². The molecule has 0 atom stereocenters. The van der Waals surface area contributed by atoms with Gasteiger partial charge in [-0.3, -0.25) is 4.79 Å². The molecule has 2 nitrogen and oxygen atoms in total. The molecule has 0 unspecified atom stereocenters. The number of thioether (sulfide) groups is 1. The number of thiol groups is 1. The van der Waals surface area contributed by atoms with Gasteiger partial charge in [-0.15, -0.1) is 0 Å². The summed E-state index contributed by atoms with van der Waals surface area (Å²) in [7, 11) is 0. The molecule has 0 saturated carbocycles. The Kier molecular flexibility index (Phi) is 4.35. The topological polar surface area (TPSA) is 43.1 Å². The molecule has 2 N–H and O–H groups in total. The molecule has 1 aromatic rings. The van der Waals surface area contributed by atoms with Crippen molar-refractivity contribution in [2.45, 2.75) is 6.92 Å². The zero-order valence-electron chi connectivity index (χ0n) is 7.99. The van der Waals surface area contributed by atoms with Gasteiger partial charge in [0.05, 0.1) is 5.56 Å². The number of hydrogen-bond donors (Lipinski definition) is 2. The van der Waals surface area contributed by atoms with E-state index in [0.29, 0.717) is 17.0 Å². The van der Waals surface area contributed by atoms with Crippen LogP contribution in [0.2, 0.25) is 0 Å². The molecule has 0 aliphatic heterocycles. The van der Waals surface area contributed by atoms with Crippen molar-refractivity contribution in [2.24, 2.45) is 0 Å². The second kappa shape index (κ2) is 5.32. The molecule has 1 aromatic carbocycles. The maximum atomic E-state index is 11.6. The van der Waals surface area contributed by atoms with E-state index in [4.69, 9.17) is 5.73 Å². The van der Waals surface area contributed by atoms with Gasteiger partial charge in [0.25, 0.3) is 0 Å². The fourth-order valence-corrected chi connectivity index (χ4v) is 1.95. The van der Waals surface area contributed by atoms with E-state index in [1.54, 1.807) is 6.07 Å². The summed E-state index contributed by atoms with van der Waals surface area (Å²) in [6, 6.07) is 5.49. The smallest absolute Gasteiger partial charge is 0.221 e. The van der Waals surface area contributed by atoms with Crippen molar-refractivity contribution in [2.75, 3.05) is 17.2 Å². The second-order valence-electron chi connectivity index (χ2n) is 2.95. The first-order valence-corrected chi connectivity index (χ1v) is 5.91. The largest absolute Gasteiger partial charge is 0.398 e. The first-order chi connectivity index (χ1) is 6.65. The number of carbonyl (C=O) groups excluding carboxylic acids is 1. The van der Waals surface area contributed by atoms with Crippen molar-refractivity contribution in [1.29, 1.82) is 0 Å². The molecule has 0 fully saturated rings. The van der Waals surface area contributed by atoms with E-state index in [-0.39, 0.29) is 5.12 Å². The molecule has 0 aliphatic rings. The van der Waals surface area contributed by atoms with Gasteiger partial charge in [0.15, 0.2) is 0 Å². The Morgan fingerprint density at radius 2 is 2.29 bits per heavy atom. The lowest BCUT2D eigenvalue weighted by Crippen LogP contribution is -2.01. The number of rotatable bonds is 3. The summed E-state index contributed by atoms with van der Waals surface area (Å²) in [4.78, 5) is 11.6. The predicted molar refractivity (Wildman–Crippen MR) is 66.2 cm³/mol. The molecular formula is C10H13NOS2. The van der Waals surface area contributed by atoms with Crippen LogP contribution >= 0.6 is 24.4 Å². The van der Waals surface area contributed by atoms with Crippen molar-refractivity contribution >= 4 is 35.2 Å². The van der Waals surface area contributed by atoms with Crippen LogP contribution in [0, 0.1) is 6.92 Å². The predicted octanol–water partition coefficient (Wildman–Crippen LogP) is 2.38. The molecule has 0 aromatic heterocycles. The third-order valence-corrected chi connectivity index (χ3v) is 3.17. The van der Waals surface area contributed by atoms with Gasteiger partial charge in [0.2, 0.25) is 5.12 Å². The third kappa shape index (κ3) is 2.96. The highest BCUT2D eigenvalue weighted by atomic mass is 32.2. The summed E-state index contributed by atoms with van der Waals surface area (Å²) in [6.07, 6.45) is 0. The number of anilines is 1. The van der Waals surface area contributed by atoms with Crippen molar-refractivity contribution < 1.29 is 4.79 Å². The molecule has 0 spiro atoms. The summed E-state index contributed by atoms with van der Waals surface area (Å²) >= 11 is 5.31. The zero-order valence-corrected chi connectivity index (χ0v) is 9.70. The van der Waals surface area contributed by atoms with E-state index < -0.39 is 0 Å². The lowest BCUT2D eigenvalue weighted by atomic mass is 10.1. The minimum atomic E-state index is 0.0280. The molecule has 0 heterocycles. The van der Waals surface area contributed by atoms with E-state index in [9.17, 15) is 4.79 Å². The monoisotopic (exact) mass is 227 g/mol. The van der Waals surface area contributed by atoms with Gasteiger partial charge in [-0.25, -0.2) is 0 Å². The molecule has 76 valence electrons. The highest BCUT2D eigenvalue weighted by Gasteiger charge is 2.09. The van der Waals surface area contributed by atoms with Gasteiger partial charge in [0, 0.05) is 11.4 Å². The summed E-state index contributed by atoms with van der Waals surface area (Å²) in [5.74, 6) is 1.41. The Balaban J connectivity index is 2.83. The van der Waals surface area contributed by atoms with Crippen LogP contribution in [-0.4, -0.2) is 16.6 Å². The maximum absolute atomic E-state index is 11.6. The summed E-state index contributed by atoms with van der Waals surface area (Å²) in [6.45, 7) is 1.94. The van der Waals surface area contributed by atoms with Crippen LogP contribution < -0.4 is 5.73 Å². The first-order valence-electron chi connectivity index (χ1n) is 4.29. The fraction of sp³-hybridized carbons (Fsp3) is 0.300. The van der Waals surface area contributed by atoms with Gasteiger partial charge in [-0.2, -0.15) is 12.6 Å². The Bertz CT molecular complexity index is 339. The van der Waals surface area contributed by atoms with Crippen molar-refractivity contribution in [1.82, 2.24) is 0 Å². The van der Waals surface area contributed by atoms with Crippen LogP contribution in [-0.2, 0) is 0 Å². The number of benzene rings is 1. The van der Waals surface area contributed by atoms with E-state index in [2.05, 4.69) is 12.6 Å². The van der Waals surface area contributed by atoms with Crippen LogP contribution in [0.25, 0.3) is 0 Å². The van der Waals surface area contributed by atoms with Crippen LogP contribution in [0.5, 0.6) is 0 Å². The first kappa shape index (κ1) is 11.5. The summed E-state index contributed by atoms with van der Waals surface area (Å²) in [5, 5.41) is 0.0280. The van der Waals surface area contributed by atoms with E-state index >= 15 is 0 Å². The quantitative estimate of drug-likeness (QED) is 0.615. The maximum Gasteiger partial charge on any atom is 0.221 e. The molecule has 0 aliphatic carbocycles. The Morgan fingerprint density at radius 3 is 2.93 bits per heavy atom. The van der Waals surface area contributed by atoms with E-state index in [1.807, 2.05) is 19.1 Å². The minimum absolute atomic E-state index is 0.0280. The van der Waals surface area contributed by atoms with Gasteiger partial charge in [-0.05, 0) is 24.8 Å². The number of nitrogen functional groups attached to an aromatic ring is 1. The summed E-state index contributed by atoms with van der Waals surface area (Å²) < 4.78 is 0. The van der Waals surface area contributed by atoms with Gasteiger partial charge in [-0.1, -0.05) is 23.4 Å². The van der Waals surface area contributed by atoms with Crippen LogP contribution in [0.15, 0.2) is 18.2 Å². The average Bonchev–Trinajstić information content (AvgIpc) is 2.18. The number of aryl methyl sites for hydroxylation is 1. The third-order valence-electron chi connectivity index (χ3n) is 1.75. The van der Waals surface area contributed by atoms with Crippen LogP contribution in [0.3, 0.4) is 0 Å². The summed E-state index contributed by atoms with van der Waals surface area (Å²) in [5.41, 5.74) is 7.92. The lowest BCUT2D eigenvalue weighted by Gasteiger charge is -2.04. The minimum Gasteiger partial charge on any atom is -0.398 e. The average molecular weight is 227 g/mol. The molecule has 1 rings (SSSR count). The SMILES string of the molecule is Cc1ccc(N)c(C(=O)SCCS)c1. The molecule has 0 saturated heterocycles. The van der Waals surface area contributed by atoms with Crippen molar-refractivity contribution in [3.8, 4) is 0 Å². The molecule has 0 bridgehead atoms. The normalized spacial score (nSPS) is 10.1. The molecular weight excluding hydrogens is 214 g/mol. The zero-order chi connectivity index (χ0) is 10.6. The highest BCUT2D eigenvalue weighted by molar-refractivity contribution is 8.14. The molecule has 14 heavy (non-hydrogen) atoms. The van der Waals surface area contributed by atoms with Crippen molar-refractivity contribution in [3.05, 3.63) is 29.3 Å². The van der Waals surface area contributed by atoms with Gasteiger partial charge in [0.1, 0.15) is 0 Å². The molecule has 0 amide bonds. The van der Waals surface area contributed by atoms with Gasteiger partial charge < -0.3 is 5.73 Å². The number of carbonyl (C=O) groups is 1. The second-order valence-corrected chi connectivity index (χ2v) is 4.47. The lowest BCUT2D eigenvalue weighted by molar-refractivity contribution is 0.109. The van der Waals surface area contributed by atoms with E-state index in [0.717, 1.165) is 11.3 Å². The Labute approximate surface area is 93.7 Å². The highest BCUT2D eigenvalue weighted by Crippen LogP contribution is 2.20. The fourth-order valence-electron chi connectivity index (χ4n) is 1.06. The van der Waals surface area contributed by atoms with Gasteiger partial charge >= 0.3 is 0 Å². The van der Waals surface area contributed by atoms with Crippen molar-refractivity contribution in [3.63, 3.8) is 0 Å². The standard InChI is InChI=1S/C10H13NOS2/c1-7-2-3-9(11)8(6-7)10(12)14-5-4-13/h2-3,6,13H,4-5,11H2,1H3. The Hall–Kier alpha value is -0.610. The number of nitrogens with two attached hydrogens (primary N) is 1. The Morgan fingerprint density at radius 1 is 1.57 bits per heavy atom.